The van der Waals surface area contributed by atoms with Gasteiger partial charge in [-0.2, -0.15) is 0 Å². The van der Waals surface area contributed by atoms with Crippen LogP contribution in [0.2, 0.25) is 0 Å². The van der Waals surface area contributed by atoms with Gasteiger partial charge in [0.25, 0.3) is 5.91 Å². The van der Waals surface area contributed by atoms with Crippen molar-refractivity contribution in [1.29, 1.82) is 0 Å². The molecule has 2 aliphatic carbocycles. The van der Waals surface area contributed by atoms with E-state index in [9.17, 15) is 9.18 Å². The van der Waals surface area contributed by atoms with E-state index in [1.54, 1.807) is 6.07 Å². The van der Waals surface area contributed by atoms with Crippen LogP contribution in [0.4, 0.5) is 4.39 Å². The van der Waals surface area contributed by atoms with Crippen molar-refractivity contribution in [2.24, 2.45) is 0 Å². The lowest BCUT2D eigenvalue weighted by Crippen LogP contribution is -2.36. The Morgan fingerprint density at radius 1 is 1.13 bits per heavy atom. The topological polar surface area (TPSA) is 20.3 Å². The number of nitrogens with zero attached hydrogens (tertiary/aromatic N) is 1. The first kappa shape index (κ1) is 14.9. The van der Waals surface area contributed by atoms with E-state index < -0.39 is 0 Å². The van der Waals surface area contributed by atoms with Crippen molar-refractivity contribution in [3.8, 4) is 0 Å². The average molecular weight is 374 g/mol. The second-order valence-electron chi connectivity index (χ2n) is 6.32. The molecule has 0 aliphatic heterocycles. The number of carbonyl (C=O) groups is 1. The van der Waals surface area contributed by atoms with E-state index in [0.29, 0.717) is 10.0 Å². The Labute approximate surface area is 143 Å². The number of halogens is 2. The van der Waals surface area contributed by atoms with E-state index in [1.807, 2.05) is 17.0 Å². The van der Waals surface area contributed by atoms with Crippen LogP contribution in [0, 0.1) is 5.82 Å². The lowest BCUT2D eigenvalue weighted by atomic mass is 10.1. The van der Waals surface area contributed by atoms with Gasteiger partial charge in [-0.25, -0.2) is 4.39 Å². The molecule has 4 heteroatoms. The molecule has 23 heavy (non-hydrogen) atoms. The number of carbonyl (C=O) groups excluding carboxylic acids is 1. The van der Waals surface area contributed by atoms with Gasteiger partial charge in [-0.3, -0.25) is 4.79 Å². The number of benzene rings is 2. The zero-order valence-corrected chi connectivity index (χ0v) is 14.2. The second-order valence-corrected chi connectivity index (χ2v) is 7.18. The lowest BCUT2D eigenvalue weighted by Gasteiger charge is -2.30. The normalized spacial score (nSPS) is 19.5. The second kappa shape index (κ2) is 5.75. The lowest BCUT2D eigenvalue weighted by molar-refractivity contribution is 0.0656. The highest BCUT2D eigenvalue weighted by molar-refractivity contribution is 9.10. The third-order valence-electron chi connectivity index (χ3n) is 4.77. The average Bonchev–Trinajstić information content (AvgIpc) is 3.30. The Morgan fingerprint density at radius 2 is 1.91 bits per heavy atom. The molecule has 1 atom stereocenters. The molecule has 2 nitrogen and oxygen atoms in total. The first-order chi connectivity index (χ1) is 11.1. The zero-order valence-electron chi connectivity index (χ0n) is 12.6. The number of amides is 1. The van der Waals surface area contributed by atoms with Crippen LogP contribution in [0.15, 0.2) is 46.9 Å². The maximum atomic E-state index is 13.6. The summed E-state index contributed by atoms with van der Waals surface area (Å²) in [6.07, 6.45) is 4.03. The zero-order chi connectivity index (χ0) is 16.0. The molecule has 2 aromatic rings. The number of hydrogen-bond acceptors (Lipinski definition) is 1. The highest BCUT2D eigenvalue weighted by Crippen LogP contribution is 2.43. The van der Waals surface area contributed by atoms with Gasteiger partial charge < -0.3 is 4.90 Å². The first-order valence-corrected chi connectivity index (χ1v) is 8.80. The minimum absolute atomic E-state index is 0.0689. The van der Waals surface area contributed by atoms with Gasteiger partial charge in [-0.15, -0.1) is 0 Å². The molecule has 0 spiro atoms. The summed E-state index contributed by atoms with van der Waals surface area (Å²) in [7, 11) is 0. The minimum atomic E-state index is -0.376. The summed E-state index contributed by atoms with van der Waals surface area (Å²) in [5.74, 6) is -0.445. The molecule has 2 aromatic carbocycles. The molecule has 1 saturated carbocycles. The van der Waals surface area contributed by atoms with E-state index in [2.05, 4.69) is 28.1 Å². The van der Waals surface area contributed by atoms with Crippen molar-refractivity contribution in [2.75, 3.05) is 0 Å². The highest BCUT2D eigenvalue weighted by atomic mass is 79.9. The van der Waals surface area contributed by atoms with Crippen LogP contribution < -0.4 is 0 Å². The number of fused-ring (bicyclic) bond motifs is 1. The Kier molecular flexibility index (Phi) is 3.72. The van der Waals surface area contributed by atoms with Crippen LogP contribution in [0.5, 0.6) is 0 Å². The molecule has 0 bridgehead atoms. The Balaban J connectivity index is 1.72. The smallest absolute Gasteiger partial charge is 0.255 e. The van der Waals surface area contributed by atoms with Crippen LogP contribution >= 0.6 is 15.9 Å². The van der Waals surface area contributed by atoms with Crippen molar-refractivity contribution >= 4 is 21.8 Å². The van der Waals surface area contributed by atoms with Crippen LogP contribution in [0.1, 0.15) is 46.8 Å². The Morgan fingerprint density at radius 3 is 2.70 bits per heavy atom. The van der Waals surface area contributed by atoms with Crippen LogP contribution in [0.25, 0.3) is 0 Å². The molecule has 0 aromatic heterocycles. The molecule has 118 valence electrons. The van der Waals surface area contributed by atoms with E-state index in [0.717, 1.165) is 25.7 Å². The van der Waals surface area contributed by atoms with Gasteiger partial charge >= 0.3 is 0 Å². The summed E-state index contributed by atoms with van der Waals surface area (Å²) in [4.78, 5) is 15.1. The van der Waals surface area contributed by atoms with E-state index in [-0.39, 0.29) is 23.8 Å². The van der Waals surface area contributed by atoms with Gasteiger partial charge in [0.15, 0.2) is 0 Å². The molecule has 0 saturated heterocycles. The standard InChI is InChI=1S/C19H17BrFNO/c20-17-9-6-13(21)11-16(17)19(23)22(14-7-8-14)18-10-5-12-3-1-2-4-15(12)18/h1-4,6,9,11,14,18H,5,7-8,10H2. The molecule has 1 amide bonds. The van der Waals surface area contributed by atoms with Crippen molar-refractivity contribution in [3.05, 3.63) is 69.4 Å². The highest BCUT2D eigenvalue weighted by Gasteiger charge is 2.41. The summed E-state index contributed by atoms with van der Waals surface area (Å²) in [6, 6.07) is 13.1. The van der Waals surface area contributed by atoms with Crippen molar-refractivity contribution in [2.45, 2.75) is 37.8 Å². The summed E-state index contributed by atoms with van der Waals surface area (Å²) in [5, 5.41) is 0. The van der Waals surface area contributed by atoms with Crippen molar-refractivity contribution in [1.82, 2.24) is 4.90 Å². The summed E-state index contributed by atoms with van der Waals surface area (Å²) >= 11 is 3.40. The van der Waals surface area contributed by atoms with Crippen molar-refractivity contribution < 1.29 is 9.18 Å². The quantitative estimate of drug-likeness (QED) is 0.750. The largest absolute Gasteiger partial charge is 0.329 e. The molecule has 1 unspecified atom stereocenters. The maximum Gasteiger partial charge on any atom is 0.255 e. The van der Waals surface area contributed by atoms with Gasteiger partial charge in [0.2, 0.25) is 0 Å². The maximum absolute atomic E-state index is 13.6. The Bertz CT molecular complexity index is 772. The van der Waals surface area contributed by atoms with Crippen LogP contribution in [-0.2, 0) is 6.42 Å². The predicted molar refractivity (Wildman–Crippen MR) is 90.8 cm³/mol. The molecular formula is C19H17BrFNO. The monoisotopic (exact) mass is 373 g/mol. The Hall–Kier alpha value is -1.68. The molecule has 2 aliphatic rings. The molecule has 4 rings (SSSR count). The number of hydrogen-bond donors (Lipinski definition) is 0. The molecular weight excluding hydrogens is 357 g/mol. The number of rotatable bonds is 3. The first-order valence-electron chi connectivity index (χ1n) is 8.00. The van der Waals surface area contributed by atoms with Crippen molar-refractivity contribution in [3.63, 3.8) is 0 Å². The fraction of sp³-hybridized carbons (Fsp3) is 0.316. The fourth-order valence-corrected chi connectivity index (χ4v) is 3.95. The molecule has 1 fully saturated rings. The van der Waals surface area contributed by atoms with E-state index in [1.165, 1.54) is 23.3 Å². The van der Waals surface area contributed by atoms with E-state index >= 15 is 0 Å². The van der Waals surface area contributed by atoms with Gasteiger partial charge in [0.1, 0.15) is 5.82 Å². The predicted octanol–water partition coefficient (Wildman–Crippen LogP) is 4.88. The minimum Gasteiger partial charge on any atom is -0.329 e. The molecule has 0 N–H and O–H groups in total. The summed E-state index contributed by atoms with van der Waals surface area (Å²) < 4.78 is 14.3. The summed E-state index contributed by atoms with van der Waals surface area (Å²) in [5.41, 5.74) is 3.00. The third kappa shape index (κ3) is 2.69. The SMILES string of the molecule is O=C(c1cc(F)ccc1Br)N(C1CC1)C1CCc2ccccc21. The summed E-state index contributed by atoms with van der Waals surface area (Å²) in [6.45, 7) is 0. The van der Waals surface area contributed by atoms with E-state index in [4.69, 9.17) is 0 Å². The van der Waals surface area contributed by atoms with Gasteiger partial charge in [0, 0.05) is 10.5 Å². The van der Waals surface area contributed by atoms with Crippen LogP contribution in [-0.4, -0.2) is 16.8 Å². The number of aryl methyl sites for hydroxylation is 1. The van der Waals surface area contributed by atoms with Gasteiger partial charge in [-0.05, 0) is 70.9 Å². The van der Waals surface area contributed by atoms with Crippen LogP contribution in [0.3, 0.4) is 0 Å². The third-order valence-corrected chi connectivity index (χ3v) is 5.46. The fourth-order valence-electron chi connectivity index (χ4n) is 3.54. The van der Waals surface area contributed by atoms with Gasteiger partial charge in [-0.1, -0.05) is 24.3 Å². The molecule has 0 heterocycles. The van der Waals surface area contributed by atoms with Gasteiger partial charge in [0.05, 0.1) is 11.6 Å². The molecule has 0 radical (unpaired) electrons.